The molecule has 0 saturated heterocycles. The summed E-state index contributed by atoms with van der Waals surface area (Å²) in [4.78, 5) is 35.8. The van der Waals surface area contributed by atoms with Gasteiger partial charge < -0.3 is 9.72 Å². The fourth-order valence-electron chi connectivity index (χ4n) is 3.57. The highest BCUT2D eigenvalue weighted by molar-refractivity contribution is 7.89. The number of benzene rings is 2. The Hall–Kier alpha value is -4.28. The maximum atomic E-state index is 13.7. The van der Waals surface area contributed by atoms with E-state index in [1.807, 2.05) is 12.1 Å². The molecule has 0 bridgehead atoms. The molecule has 13 heteroatoms. The van der Waals surface area contributed by atoms with Crippen molar-refractivity contribution >= 4 is 38.3 Å². The maximum Gasteiger partial charge on any atom is 0.324 e. The topological polar surface area (TPSA) is 166 Å². The van der Waals surface area contributed by atoms with Gasteiger partial charge in [-0.2, -0.15) is 4.31 Å². The van der Waals surface area contributed by atoms with E-state index in [0.717, 1.165) is 30.1 Å². The molecule has 0 unspecified atom stereocenters. The number of non-ortho nitro benzene ring substituents is 1. The molecule has 0 aliphatic heterocycles. The normalized spacial score (nSPS) is 12.1. The lowest BCUT2D eigenvalue weighted by atomic mass is 10.0. The van der Waals surface area contributed by atoms with E-state index in [4.69, 9.17) is 4.74 Å². The van der Waals surface area contributed by atoms with Gasteiger partial charge in [-0.1, -0.05) is 24.1 Å². The molecule has 0 amide bonds. The van der Waals surface area contributed by atoms with Crippen LogP contribution >= 0.6 is 0 Å². The maximum absolute atomic E-state index is 13.7. The fourth-order valence-corrected chi connectivity index (χ4v) is 5.19. The molecular formula is C22H20N4O8S. The van der Waals surface area contributed by atoms with Crippen molar-refractivity contribution in [1.82, 2.24) is 9.29 Å². The predicted octanol–water partition coefficient (Wildman–Crippen LogP) is 2.78. The lowest BCUT2D eigenvalue weighted by Crippen LogP contribution is -2.47. The highest BCUT2D eigenvalue weighted by Crippen LogP contribution is 2.32. The van der Waals surface area contributed by atoms with Crippen molar-refractivity contribution in [2.24, 2.45) is 0 Å². The van der Waals surface area contributed by atoms with Crippen LogP contribution in [0.15, 0.2) is 53.6 Å². The molecule has 0 spiro atoms. The summed E-state index contributed by atoms with van der Waals surface area (Å²) in [6.07, 6.45) is 1.51. The van der Waals surface area contributed by atoms with Gasteiger partial charge in [-0.15, -0.1) is 5.92 Å². The highest BCUT2D eigenvalue weighted by atomic mass is 32.2. The molecule has 12 nitrogen and oxygen atoms in total. The number of aromatic amines is 1. The van der Waals surface area contributed by atoms with Crippen LogP contribution in [0.3, 0.4) is 0 Å². The van der Waals surface area contributed by atoms with Gasteiger partial charge in [-0.3, -0.25) is 25.0 Å². The Balaban J connectivity index is 2.17. The van der Waals surface area contributed by atoms with Crippen molar-refractivity contribution in [1.29, 1.82) is 0 Å². The largest absolute Gasteiger partial charge is 0.468 e. The summed E-state index contributed by atoms with van der Waals surface area (Å²) in [5.74, 6) is 4.23. The van der Waals surface area contributed by atoms with E-state index >= 15 is 0 Å². The fraction of sp³-hybridized carbons (Fsp3) is 0.227. The molecule has 1 heterocycles. The summed E-state index contributed by atoms with van der Waals surface area (Å²) in [5.41, 5.74) is -0.276. The number of nitro benzene ring substituents is 2. The molecule has 0 fully saturated rings. The first-order valence-electron chi connectivity index (χ1n) is 10.1. The number of carbonyl (C=O) groups is 1. The summed E-state index contributed by atoms with van der Waals surface area (Å²) < 4.78 is 32.9. The van der Waals surface area contributed by atoms with Gasteiger partial charge in [0.15, 0.2) is 4.90 Å². The number of carbonyl (C=O) groups excluding carboxylic acids is 1. The second kappa shape index (κ2) is 10.3. The van der Waals surface area contributed by atoms with Crippen LogP contribution in [0.25, 0.3) is 10.9 Å². The molecule has 3 rings (SSSR count). The van der Waals surface area contributed by atoms with Gasteiger partial charge in [0.05, 0.1) is 29.6 Å². The summed E-state index contributed by atoms with van der Waals surface area (Å²) in [7, 11) is -3.65. The zero-order valence-electron chi connectivity index (χ0n) is 18.6. The van der Waals surface area contributed by atoms with Crippen LogP contribution < -0.4 is 0 Å². The number of aromatic nitrogens is 1. The monoisotopic (exact) mass is 500 g/mol. The van der Waals surface area contributed by atoms with E-state index in [1.54, 1.807) is 18.3 Å². The van der Waals surface area contributed by atoms with Crippen LogP contribution in [0.1, 0.15) is 12.5 Å². The first kappa shape index (κ1) is 25.3. The van der Waals surface area contributed by atoms with E-state index in [2.05, 4.69) is 16.8 Å². The average Bonchev–Trinajstić information content (AvgIpc) is 3.25. The Morgan fingerprint density at radius 1 is 1.17 bits per heavy atom. The lowest BCUT2D eigenvalue weighted by molar-refractivity contribution is -0.396. The summed E-state index contributed by atoms with van der Waals surface area (Å²) in [6.45, 7) is 0.987. The third kappa shape index (κ3) is 5.13. The van der Waals surface area contributed by atoms with E-state index in [9.17, 15) is 33.4 Å². The minimum Gasteiger partial charge on any atom is -0.468 e. The first-order valence-corrected chi connectivity index (χ1v) is 11.5. The molecule has 1 atom stereocenters. The second-order valence-electron chi connectivity index (χ2n) is 7.25. The van der Waals surface area contributed by atoms with Crippen molar-refractivity contribution in [2.45, 2.75) is 24.3 Å². The highest BCUT2D eigenvalue weighted by Gasteiger charge is 2.40. The minimum absolute atomic E-state index is 0.123. The smallest absolute Gasteiger partial charge is 0.324 e. The number of hydrogen-bond acceptors (Lipinski definition) is 8. The van der Waals surface area contributed by atoms with E-state index < -0.39 is 54.7 Å². The van der Waals surface area contributed by atoms with Crippen LogP contribution in [0.4, 0.5) is 11.4 Å². The van der Waals surface area contributed by atoms with Gasteiger partial charge in [0, 0.05) is 29.6 Å². The van der Waals surface area contributed by atoms with Crippen LogP contribution in [0.2, 0.25) is 0 Å². The Morgan fingerprint density at radius 2 is 1.89 bits per heavy atom. The molecule has 35 heavy (non-hydrogen) atoms. The average molecular weight is 500 g/mol. The van der Waals surface area contributed by atoms with Crippen LogP contribution in [-0.2, 0) is 26.0 Å². The molecule has 0 radical (unpaired) electrons. The van der Waals surface area contributed by atoms with Gasteiger partial charge in [0.25, 0.3) is 21.4 Å². The van der Waals surface area contributed by atoms with E-state index in [-0.39, 0.29) is 6.42 Å². The number of para-hydroxylation sites is 1. The number of H-pyrrole nitrogens is 1. The number of nitrogens with zero attached hydrogens (tertiary/aromatic N) is 3. The van der Waals surface area contributed by atoms with Crippen LogP contribution in [-0.4, -0.2) is 53.2 Å². The number of nitrogens with one attached hydrogen (secondary N) is 1. The van der Waals surface area contributed by atoms with Crippen molar-refractivity contribution in [3.63, 3.8) is 0 Å². The lowest BCUT2D eigenvalue weighted by Gasteiger charge is -2.27. The molecule has 182 valence electrons. The zero-order chi connectivity index (χ0) is 25.8. The van der Waals surface area contributed by atoms with Crippen molar-refractivity contribution < 1.29 is 27.8 Å². The molecule has 1 aromatic heterocycles. The predicted molar refractivity (Wildman–Crippen MR) is 125 cm³/mol. The quantitative estimate of drug-likeness (QED) is 0.203. The Labute approximate surface area is 199 Å². The molecule has 1 N–H and O–H groups in total. The molecule has 3 aromatic rings. The first-order chi connectivity index (χ1) is 16.6. The Bertz CT molecular complexity index is 1470. The van der Waals surface area contributed by atoms with E-state index in [1.165, 1.54) is 6.92 Å². The number of hydrogen-bond donors (Lipinski definition) is 1. The van der Waals surface area contributed by atoms with Crippen molar-refractivity contribution in [2.75, 3.05) is 13.7 Å². The summed E-state index contributed by atoms with van der Waals surface area (Å²) in [6, 6.07) is 7.94. The molecule has 0 aliphatic rings. The summed E-state index contributed by atoms with van der Waals surface area (Å²) in [5, 5.41) is 23.4. The number of rotatable bonds is 9. The van der Waals surface area contributed by atoms with Gasteiger partial charge in [0.2, 0.25) is 0 Å². The third-order valence-electron chi connectivity index (χ3n) is 5.26. The number of esters is 1. The second-order valence-corrected chi connectivity index (χ2v) is 9.10. The molecular weight excluding hydrogens is 480 g/mol. The molecule has 0 saturated carbocycles. The Kier molecular flexibility index (Phi) is 7.48. The van der Waals surface area contributed by atoms with Gasteiger partial charge in [-0.05, 0) is 24.6 Å². The molecule has 0 aliphatic carbocycles. The number of sulfonamides is 1. The number of nitro groups is 2. The molecule has 2 aromatic carbocycles. The van der Waals surface area contributed by atoms with Gasteiger partial charge in [0.1, 0.15) is 6.04 Å². The van der Waals surface area contributed by atoms with Crippen molar-refractivity contribution in [3.8, 4) is 11.8 Å². The minimum atomic E-state index is -4.75. The Morgan fingerprint density at radius 3 is 2.51 bits per heavy atom. The number of fused-ring (bicyclic) bond motifs is 1. The van der Waals surface area contributed by atoms with Gasteiger partial charge in [-0.25, -0.2) is 8.42 Å². The standard InChI is InChI=1S/C22H20N4O8S/c1-3-4-11-24(35(32,33)21-10-9-16(25(28)29)13-19(21)26(30)31)20(22(27)34-2)12-15-14-23-18-8-6-5-7-17(15)18/h5-10,13-14,20,23H,11-12H2,1-2H3/t20-/m0/s1. The summed E-state index contributed by atoms with van der Waals surface area (Å²) >= 11 is 0. The third-order valence-corrected chi connectivity index (χ3v) is 7.16. The number of methoxy groups -OCH3 is 1. The van der Waals surface area contributed by atoms with Crippen molar-refractivity contribution in [3.05, 3.63) is 74.5 Å². The van der Waals surface area contributed by atoms with E-state index in [0.29, 0.717) is 15.9 Å². The zero-order valence-corrected chi connectivity index (χ0v) is 19.4. The SMILES string of the molecule is CC#CCN([C@@H](Cc1c[nH]c2ccccc12)C(=O)OC)S(=O)(=O)c1ccc([N+](=O)[O-])cc1[N+](=O)[O-]. The van der Waals surface area contributed by atoms with Crippen LogP contribution in [0, 0.1) is 32.1 Å². The van der Waals surface area contributed by atoms with Gasteiger partial charge >= 0.3 is 5.97 Å². The van der Waals surface area contributed by atoms with Crippen LogP contribution in [0.5, 0.6) is 0 Å². The number of ether oxygens (including phenoxy) is 1.